The van der Waals surface area contributed by atoms with Crippen LogP contribution < -0.4 is 5.32 Å². The number of rotatable bonds is 9. The lowest BCUT2D eigenvalue weighted by atomic mass is 9.94. The highest BCUT2D eigenvalue weighted by molar-refractivity contribution is 5.80. The Bertz CT molecular complexity index is 304. The van der Waals surface area contributed by atoms with Gasteiger partial charge >= 0.3 is 5.97 Å². The summed E-state index contributed by atoms with van der Waals surface area (Å²) in [5, 5.41) is 3.29. The topological polar surface area (TPSA) is 44.8 Å². The van der Waals surface area contributed by atoms with E-state index in [9.17, 15) is 4.79 Å². The number of unbranched alkanes of at least 4 members (excludes halogenated alkanes) is 1. The summed E-state index contributed by atoms with van der Waals surface area (Å²) in [5.74, 6) is -0.119. The molecule has 1 saturated heterocycles. The second-order valence-electron chi connectivity index (χ2n) is 6.18. The number of hydrogen-bond acceptors (Lipinski definition) is 5. The van der Waals surface area contributed by atoms with Crippen LogP contribution in [0.15, 0.2) is 0 Å². The van der Waals surface area contributed by atoms with Crippen molar-refractivity contribution in [3.05, 3.63) is 0 Å². The molecule has 1 fully saturated rings. The van der Waals surface area contributed by atoms with Gasteiger partial charge in [-0.05, 0) is 53.2 Å². The van der Waals surface area contributed by atoms with Crippen molar-refractivity contribution in [1.29, 1.82) is 0 Å². The van der Waals surface area contributed by atoms with E-state index in [1.807, 2.05) is 20.8 Å². The zero-order valence-electron chi connectivity index (χ0n) is 14.3. The van der Waals surface area contributed by atoms with Gasteiger partial charge in [-0.15, -0.1) is 0 Å². The Morgan fingerprint density at radius 2 is 1.86 bits per heavy atom. The molecule has 0 aromatic rings. The molecule has 0 bridgehead atoms. The molecule has 1 heterocycles. The molecule has 0 radical (unpaired) electrons. The van der Waals surface area contributed by atoms with Crippen LogP contribution in [0.25, 0.3) is 0 Å². The molecule has 21 heavy (non-hydrogen) atoms. The number of carbonyl (C=O) groups excluding carboxylic acids is 1. The van der Waals surface area contributed by atoms with E-state index in [0.717, 1.165) is 45.4 Å². The third-order valence-electron chi connectivity index (χ3n) is 4.29. The summed E-state index contributed by atoms with van der Waals surface area (Å²) in [7, 11) is 2.18. The Labute approximate surface area is 130 Å². The summed E-state index contributed by atoms with van der Waals surface area (Å²) in [6.07, 6.45) is 3.03. The monoisotopic (exact) mass is 299 g/mol. The third-order valence-corrected chi connectivity index (χ3v) is 4.29. The summed E-state index contributed by atoms with van der Waals surface area (Å²) >= 11 is 0. The number of hydrogen-bond donors (Lipinski definition) is 1. The molecule has 0 aromatic carbocycles. The fourth-order valence-corrected chi connectivity index (χ4v) is 2.83. The van der Waals surface area contributed by atoms with Crippen molar-refractivity contribution in [2.24, 2.45) is 0 Å². The van der Waals surface area contributed by atoms with Gasteiger partial charge in [0.05, 0.1) is 6.61 Å². The Balaban J connectivity index is 2.28. The molecule has 1 rings (SSSR count). The maximum absolute atomic E-state index is 12.1. The van der Waals surface area contributed by atoms with Gasteiger partial charge in [0.15, 0.2) is 0 Å². The first-order chi connectivity index (χ1) is 10.0. The maximum atomic E-state index is 12.1. The van der Waals surface area contributed by atoms with Gasteiger partial charge in [0, 0.05) is 26.2 Å². The van der Waals surface area contributed by atoms with Crippen molar-refractivity contribution in [1.82, 2.24) is 15.1 Å². The van der Waals surface area contributed by atoms with E-state index in [2.05, 4.69) is 22.2 Å². The van der Waals surface area contributed by atoms with E-state index in [1.165, 1.54) is 13.1 Å². The van der Waals surface area contributed by atoms with Crippen molar-refractivity contribution in [3.8, 4) is 0 Å². The van der Waals surface area contributed by atoms with E-state index in [0.29, 0.717) is 6.61 Å². The molecule has 124 valence electrons. The molecule has 1 aliphatic heterocycles. The molecule has 5 heteroatoms. The number of piperazine rings is 1. The second kappa shape index (κ2) is 9.38. The predicted octanol–water partition coefficient (Wildman–Crippen LogP) is 1.34. The van der Waals surface area contributed by atoms with Crippen LogP contribution in [0.2, 0.25) is 0 Å². The van der Waals surface area contributed by atoms with Crippen LogP contribution in [0.5, 0.6) is 0 Å². The van der Waals surface area contributed by atoms with Gasteiger partial charge < -0.3 is 19.9 Å². The van der Waals surface area contributed by atoms with Gasteiger partial charge in [0.25, 0.3) is 0 Å². The lowest BCUT2D eigenvalue weighted by molar-refractivity contribution is -0.150. The van der Waals surface area contributed by atoms with Crippen LogP contribution in [0.3, 0.4) is 0 Å². The lowest BCUT2D eigenvalue weighted by Gasteiger charge is -2.33. The number of nitrogens with one attached hydrogen (secondary N) is 1. The van der Waals surface area contributed by atoms with Gasteiger partial charge in [-0.3, -0.25) is 4.79 Å². The highest BCUT2D eigenvalue weighted by Gasteiger charge is 2.33. The molecular formula is C16H33N3O2. The first-order valence-electron chi connectivity index (χ1n) is 8.35. The molecule has 1 aliphatic rings. The van der Waals surface area contributed by atoms with Gasteiger partial charge in [0.2, 0.25) is 0 Å². The quantitative estimate of drug-likeness (QED) is 0.514. The number of ether oxygens (including phenoxy) is 1. The van der Waals surface area contributed by atoms with Crippen LogP contribution in [0, 0.1) is 0 Å². The molecule has 1 N–H and O–H groups in total. The minimum absolute atomic E-state index is 0.119. The molecule has 0 spiro atoms. The largest absolute Gasteiger partial charge is 0.465 e. The summed E-state index contributed by atoms with van der Waals surface area (Å²) in [4.78, 5) is 17.0. The predicted molar refractivity (Wildman–Crippen MR) is 86.5 cm³/mol. The summed E-state index contributed by atoms with van der Waals surface area (Å²) in [5.41, 5.74) is -0.535. The normalized spacial score (nSPS) is 20.2. The Morgan fingerprint density at radius 1 is 1.19 bits per heavy atom. The van der Waals surface area contributed by atoms with E-state index >= 15 is 0 Å². The molecule has 0 saturated carbocycles. The summed E-state index contributed by atoms with van der Waals surface area (Å²) in [6.45, 7) is 12.9. The molecule has 1 unspecified atom stereocenters. The van der Waals surface area contributed by atoms with E-state index in [-0.39, 0.29) is 5.97 Å². The molecule has 0 aromatic heterocycles. The molecular weight excluding hydrogens is 266 g/mol. The Hall–Kier alpha value is -0.650. The fraction of sp³-hybridized carbons (Fsp3) is 0.938. The van der Waals surface area contributed by atoms with Crippen LogP contribution in [0.1, 0.15) is 40.0 Å². The van der Waals surface area contributed by atoms with E-state index < -0.39 is 5.54 Å². The van der Waals surface area contributed by atoms with Crippen LogP contribution in [-0.4, -0.2) is 74.2 Å². The SMILES string of the molecule is CCNC(C)(CCCCN1CCN(C)CC1)C(=O)OCC. The zero-order chi connectivity index (χ0) is 15.7. The van der Waals surface area contributed by atoms with Crippen LogP contribution in [0.4, 0.5) is 0 Å². The van der Waals surface area contributed by atoms with Crippen molar-refractivity contribution in [3.63, 3.8) is 0 Å². The number of carbonyl (C=O) groups is 1. The zero-order valence-corrected chi connectivity index (χ0v) is 14.3. The van der Waals surface area contributed by atoms with Gasteiger partial charge in [-0.1, -0.05) is 6.92 Å². The molecule has 1 atom stereocenters. The molecule has 0 amide bonds. The first-order valence-corrected chi connectivity index (χ1v) is 8.35. The minimum atomic E-state index is -0.535. The number of nitrogens with zero attached hydrogens (tertiary/aromatic N) is 2. The Morgan fingerprint density at radius 3 is 2.43 bits per heavy atom. The summed E-state index contributed by atoms with van der Waals surface area (Å²) in [6, 6.07) is 0. The van der Waals surface area contributed by atoms with Gasteiger partial charge in [-0.25, -0.2) is 0 Å². The molecule has 0 aliphatic carbocycles. The number of likely N-dealkylation sites (N-methyl/N-ethyl adjacent to an activating group) is 2. The fourth-order valence-electron chi connectivity index (χ4n) is 2.83. The smallest absolute Gasteiger partial charge is 0.326 e. The summed E-state index contributed by atoms with van der Waals surface area (Å²) < 4.78 is 5.20. The van der Waals surface area contributed by atoms with Crippen molar-refractivity contribution >= 4 is 5.97 Å². The minimum Gasteiger partial charge on any atom is -0.465 e. The van der Waals surface area contributed by atoms with E-state index in [4.69, 9.17) is 4.74 Å². The lowest BCUT2D eigenvalue weighted by Crippen LogP contribution is -2.50. The van der Waals surface area contributed by atoms with Crippen molar-refractivity contribution < 1.29 is 9.53 Å². The second-order valence-corrected chi connectivity index (χ2v) is 6.18. The van der Waals surface area contributed by atoms with Crippen molar-refractivity contribution in [2.45, 2.75) is 45.6 Å². The number of esters is 1. The van der Waals surface area contributed by atoms with E-state index in [1.54, 1.807) is 0 Å². The van der Waals surface area contributed by atoms with Gasteiger partial charge in [-0.2, -0.15) is 0 Å². The van der Waals surface area contributed by atoms with Gasteiger partial charge in [0.1, 0.15) is 5.54 Å². The van der Waals surface area contributed by atoms with Crippen molar-refractivity contribution in [2.75, 3.05) is 52.9 Å². The third kappa shape index (κ3) is 6.32. The molecule has 5 nitrogen and oxygen atoms in total. The highest BCUT2D eigenvalue weighted by atomic mass is 16.5. The first kappa shape index (κ1) is 18.4. The highest BCUT2D eigenvalue weighted by Crippen LogP contribution is 2.16. The standard InChI is InChI=1S/C16H33N3O2/c1-5-17-16(3,15(20)21-6-2)9-7-8-10-19-13-11-18(4)12-14-19/h17H,5-14H2,1-4H3. The Kier molecular flexibility index (Phi) is 8.22. The maximum Gasteiger partial charge on any atom is 0.326 e. The average Bonchev–Trinajstić information content (AvgIpc) is 2.46. The van der Waals surface area contributed by atoms with Crippen LogP contribution in [-0.2, 0) is 9.53 Å². The average molecular weight is 299 g/mol. The van der Waals surface area contributed by atoms with Crippen LogP contribution >= 0.6 is 0 Å².